The van der Waals surface area contributed by atoms with Gasteiger partial charge in [-0.2, -0.15) is 0 Å². The van der Waals surface area contributed by atoms with Gasteiger partial charge in [0.05, 0.1) is 10.4 Å². The Morgan fingerprint density at radius 3 is 2.67 bits per heavy atom. The molecule has 2 N–H and O–H groups in total. The fraction of sp³-hybridized carbons (Fsp3) is 0.100. The van der Waals surface area contributed by atoms with Crippen LogP contribution in [-0.2, 0) is 6.61 Å². The van der Waals surface area contributed by atoms with Crippen molar-refractivity contribution in [3.8, 4) is 5.75 Å². The van der Waals surface area contributed by atoms with Crippen LogP contribution in [-0.4, -0.2) is 4.98 Å². The van der Waals surface area contributed by atoms with Crippen molar-refractivity contribution in [1.82, 2.24) is 4.98 Å². The molecule has 78 valence electrons. The molecule has 0 fully saturated rings. The van der Waals surface area contributed by atoms with E-state index < -0.39 is 0 Å². The van der Waals surface area contributed by atoms with Crippen molar-refractivity contribution in [3.05, 3.63) is 40.5 Å². The third kappa shape index (κ3) is 2.44. The Kier molecular flexibility index (Phi) is 2.82. The molecule has 0 atom stereocenters. The van der Waals surface area contributed by atoms with Crippen LogP contribution in [0.2, 0.25) is 0 Å². The van der Waals surface area contributed by atoms with Gasteiger partial charge in [-0.1, -0.05) is 0 Å². The number of ether oxygens (including phenoxy) is 1. The van der Waals surface area contributed by atoms with Crippen molar-refractivity contribution in [1.29, 1.82) is 0 Å². The number of aromatic nitrogens is 1. The van der Waals surface area contributed by atoms with E-state index in [0.717, 1.165) is 4.88 Å². The molecule has 0 aliphatic rings. The van der Waals surface area contributed by atoms with E-state index in [1.165, 1.54) is 23.5 Å². The van der Waals surface area contributed by atoms with Gasteiger partial charge in [0.2, 0.25) is 0 Å². The minimum absolute atomic E-state index is 0.278. The van der Waals surface area contributed by atoms with E-state index in [1.54, 1.807) is 17.6 Å². The van der Waals surface area contributed by atoms with Gasteiger partial charge in [0.1, 0.15) is 24.0 Å². The van der Waals surface area contributed by atoms with Gasteiger partial charge in [-0.15, -0.1) is 11.3 Å². The second-order valence-corrected chi connectivity index (χ2v) is 3.84. The average molecular weight is 224 g/mol. The summed E-state index contributed by atoms with van der Waals surface area (Å²) in [5, 5.41) is 0. The first kappa shape index (κ1) is 9.92. The molecule has 0 saturated carbocycles. The predicted molar refractivity (Wildman–Crippen MR) is 57.3 cm³/mol. The lowest BCUT2D eigenvalue weighted by Gasteiger charge is -2.04. The molecule has 15 heavy (non-hydrogen) atoms. The second-order valence-electron chi connectivity index (χ2n) is 2.90. The zero-order valence-electron chi connectivity index (χ0n) is 7.81. The molecule has 0 bridgehead atoms. The fourth-order valence-corrected chi connectivity index (χ4v) is 1.66. The van der Waals surface area contributed by atoms with Gasteiger partial charge in [-0.05, 0) is 24.3 Å². The van der Waals surface area contributed by atoms with Crippen LogP contribution >= 0.6 is 11.3 Å². The topological polar surface area (TPSA) is 48.1 Å². The van der Waals surface area contributed by atoms with E-state index in [9.17, 15) is 4.39 Å². The predicted octanol–water partition coefficient (Wildman–Crippen LogP) is 2.44. The molecule has 0 spiro atoms. The highest BCUT2D eigenvalue weighted by atomic mass is 32.1. The highest BCUT2D eigenvalue weighted by Gasteiger charge is 2.02. The Hall–Kier alpha value is -1.62. The number of hydrogen-bond donors (Lipinski definition) is 1. The number of nitrogens with zero attached hydrogens (tertiary/aromatic N) is 1. The summed E-state index contributed by atoms with van der Waals surface area (Å²) in [6.45, 7) is 0.363. The number of anilines is 1. The minimum Gasteiger partial charge on any atom is -0.488 e. The number of halogens is 1. The Bertz CT molecular complexity index is 441. The summed E-state index contributed by atoms with van der Waals surface area (Å²) >= 11 is 1.44. The molecule has 0 radical (unpaired) electrons. The summed E-state index contributed by atoms with van der Waals surface area (Å²) in [6, 6.07) is 5.86. The first-order chi connectivity index (χ1) is 7.25. The highest BCUT2D eigenvalue weighted by molar-refractivity contribution is 7.10. The molecule has 0 amide bonds. The lowest BCUT2D eigenvalue weighted by Crippen LogP contribution is -1.97. The maximum absolute atomic E-state index is 12.6. The molecule has 1 heterocycles. The molecular formula is C10H9FN2OS. The molecule has 5 heteroatoms. The third-order valence-corrected chi connectivity index (χ3v) is 2.68. The SMILES string of the molecule is Nc1ncsc1COc1ccc(F)cc1. The first-order valence-corrected chi connectivity index (χ1v) is 5.20. The lowest BCUT2D eigenvalue weighted by atomic mass is 10.3. The Morgan fingerprint density at radius 2 is 2.07 bits per heavy atom. The van der Waals surface area contributed by atoms with E-state index in [4.69, 9.17) is 10.5 Å². The summed E-state index contributed by atoms with van der Waals surface area (Å²) in [6.07, 6.45) is 0. The zero-order chi connectivity index (χ0) is 10.7. The molecule has 1 aromatic carbocycles. The molecule has 2 aromatic rings. The van der Waals surface area contributed by atoms with Crippen LogP contribution in [0.4, 0.5) is 10.2 Å². The lowest BCUT2D eigenvalue weighted by molar-refractivity contribution is 0.309. The number of hydrogen-bond acceptors (Lipinski definition) is 4. The van der Waals surface area contributed by atoms with Gasteiger partial charge in [-0.25, -0.2) is 9.37 Å². The maximum Gasteiger partial charge on any atom is 0.141 e. The first-order valence-electron chi connectivity index (χ1n) is 4.32. The summed E-state index contributed by atoms with van der Waals surface area (Å²) in [5.41, 5.74) is 7.25. The quantitative estimate of drug-likeness (QED) is 0.871. The summed E-state index contributed by atoms with van der Waals surface area (Å²) in [4.78, 5) is 4.77. The maximum atomic E-state index is 12.6. The van der Waals surface area contributed by atoms with Crippen molar-refractivity contribution in [3.63, 3.8) is 0 Å². The monoisotopic (exact) mass is 224 g/mol. The van der Waals surface area contributed by atoms with Crippen LogP contribution in [0.25, 0.3) is 0 Å². The van der Waals surface area contributed by atoms with Gasteiger partial charge >= 0.3 is 0 Å². The molecule has 1 aromatic heterocycles. The van der Waals surface area contributed by atoms with Crippen LogP contribution in [0, 0.1) is 5.82 Å². The van der Waals surface area contributed by atoms with Gasteiger partial charge in [0, 0.05) is 0 Å². The molecule has 0 aliphatic heterocycles. The van der Waals surface area contributed by atoms with E-state index in [1.807, 2.05) is 0 Å². The zero-order valence-corrected chi connectivity index (χ0v) is 8.63. The van der Waals surface area contributed by atoms with Crippen LogP contribution in [0.1, 0.15) is 4.88 Å². The summed E-state index contributed by atoms with van der Waals surface area (Å²) < 4.78 is 18.0. The Labute approximate surface area is 90.3 Å². The van der Waals surface area contributed by atoms with Crippen LogP contribution in [0.15, 0.2) is 29.8 Å². The number of nitrogen functional groups attached to an aromatic ring is 1. The standard InChI is InChI=1S/C10H9FN2OS/c11-7-1-3-8(4-2-7)14-5-9-10(12)13-6-15-9/h1-4,6H,5,12H2. The van der Waals surface area contributed by atoms with E-state index in [-0.39, 0.29) is 5.82 Å². The molecular weight excluding hydrogens is 215 g/mol. The molecule has 2 rings (SSSR count). The Morgan fingerprint density at radius 1 is 1.33 bits per heavy atom. The van der Waals surface area contributed by atoms with Crippen molar-refractivity contribution >= 4 is 17.2 Å². The van der Waals surface area contributed by atoms with Gasteiger partial charge in [-0.3, -0.25) is 0 Å². The van der Waals surface area contributed by atoms with Crippen LogP contribution < -0.4 is 10.5 Å². The largest absolute Gasteiger partial charge is 0.488 e. The highest BCUT2D eigenvalue weighted by Crippen LogP contribution is 2.19. The normalized spacial score (nSPS) is 10.2. The van der Waals surface area contributed by atoms with Gasteiger partial charge < -0.3 is 10.5 Å². The van der Waals surface area contributed by atoms with Crippen molar-refractivity contribution in [2.75, 3.05) is 5.73 Å². The van der Waals surface area contributed by atoms with Crippen molar-refractivity contribution < 1.29 is 9.13 Å². The van der Waals surface area contributed by atoms with Gasteiger partial charge in [0.25, 0.3) is 0 Å². The molecule has 0 unspecified atom stereocenters. The number of nitrogens with two attached hydrogens (primary N) is 1. The Balaban J connectivity index is 1.99. The van der Waals surface area contributed by atoms with E-state index >= 15 is 0 Å². The molecule has 3 nitrogen and oxygen atoms in total. The third-order valence-electron chi connectivity index (χ3n) is 1.86. The van der Waals surface area contributed by atoms with Gasteiger partial charge in [0.15, 0.2) is 0 Å². The van der Waals surface area contributed by atoms with E-state index in [2.05, 4.69) is 4.98 Å². The number of thiazole rings is 1. The minimum atomic E-state index is -0.278. The van der Waals surface area contributed by atoms with Crippen LogP contribution in [0.3, 0.4) is 0 Å². The summed E-state index contributed by atoms with van der Waals surface area (Å²) in [7, 11) is 0. The van der Waals surface area contributed by atoms with E-state index in [0.29, 0.717) is 18.2 Å². The smallest absolute Gasteiger partial charge is 0.141 e. The number of rotatable bonds is 3. The average Bonchev–Trinajstić information content (AvgIpc) is 2.63. The van der Waals surface area contributed by atoms with Crippen LogP contribution in [0.5, 0.6) is 5.75 Å². The molecule has 0 aliphatic carbocycles. The fourth-order valence-electron chi connectivity index (χ4n) is 1.07. The number of benzene rings is 1. The molecule has 0 saturated heterocycles. The summed E-state index contributed by atoms with van der Waals surface area (Å²) in [5.74, 6) is 0.825. The second kappa shape index (κ2) is 4.27. The van der Waals surface area contributed by atoms with Crippen molar-refractivity contribution in [2.24, 2.45) is 0 Å². The van der Waals surface area contributed by atoms with Crippen molar-refractivity contribution in [2.45, 2.75) is 6.61 Å².